The molecule has 2 N–H and O–H groups in total. The monoisotopic (exact) mass is 310 g/mol. The summed E-state index contributed by atoms with van der Waals surface area (Å²) in [5.41, 5.74) is 8.64. The SMILES string of the molecule is Cc1ccc(C(CN)N2CC(C)CC2C)c(Br)c1. The lowest BCUT2D eigenvalue weighted by Crippen LogP contribution is -2.36. The first-order valence-corrected chi connectivity index (χ1v) is 7.54. The zero-order valence-electron chi connectivity index (χ0n) is 11.5. The minimum absolute atomic E-state index is 0.333. The van der Waals surface area contributed by atoms with Gasteiger partial charge in [-0.25, -0.2) is 0 Å². The second kappa shape index (κ2) is 5.72. The highest BCUT2D eigenvalue weighted by Gasteiger charge is 2.32. The van der Waals surface area contributed by atoms with Crippen LogP contribution in [0.4, 0.5) is 0 Å². The smallest absolute Gasteiger partial charge is 0.0484 e. The minimum Gasteiger partial charge on any atom is -0.329 e. The Morgan fingerprint density at radius 1 is 1.44 bits per heavy atom. The van der Waals surface area contributed by atoms with E-state index >= 15 is 0 Å². The van der Waals surface area contributed by atoms with Crippen molar-refractivity contribution in [3.8, 4) is 0 Å². The van der Waals surface area contributed by atoms with Crippen molar-refractivity contribution in [1.82, 2.24) is 4.90 Å². The van der Waals surface area contributed by atoms with Crippen LogP contribution >= 0.6 is 15.9 Å². The van der Waals surface area contributed by atoms with Crippen molar-refractivity contribution in [2.75, 3.05) is 13.1 Å². The van der Waals surface area contributed by atoms with E-state index in [1.165, 1.54) is 22.0 Å². The molecule has 1 aromatic rings. The van der Waals surface area contributed by atoms with Crippen molar-refractivity contribution in [2.45, 2.75) is 39.3 Å². The molecule has 1 heterocycles. The lowest BCUT2D eigenvalue weighted by atomic mass is 10.0. The van der Waals surface area contributed by atoms with Gasteiger partial charge in [-0.15, -0.1) is 0 Å². The molecule has 0 aliphatic carbocycles. The van der Waals surface area contributed by atoms with Crippen molar-refractivity contribution >= 4 is 15.9 Å². The molecule has 1 aliphatic rings. The number of hydrogen-bond donors (Lipinski definition) is 1. The maximum atomic E-state index is 6.04. The van der Waals surface area contributed by atoms with Gasteiger partial charge in [-0.05, 0) is 43.4 Å². The van der Waals surface area contributed by atoms with Gasteiger partial charge < -0.3 is 5.73 Å². The summed E-state index contributed by atoms with van der Waals surface area (Å²) in [5, 5.41) is 0. The van der Waals surface area contributed by atoms with E-state index in [-0.39, 0.29) is 0 Å². The molecule has 0 aromatic heterocycles. The third kappa shape index (κ3) is 2.79. The molecule has 0 bridgehead atoms. The summed E-state index contributed by atoms with van der Waals surface area (Å²) < 4.78 is 1.18. The molecule has 3 heteroatoms. The van der Waals surface area contributed by atoms with Gasteiger partial charge in [0.15, 0.2) is 0 Å². The number of rotatable bonds is 3. The second-order valence-corrected chi connectivity index (χ2v) is 6.52. The molecule has 1 aromatic carbocycles. The molecule has 1 aliphatic heterocycles. The summed E-state index contributed by atoms with van der Waals surface area (Å²) in [5.74, 6) is 0.776. The molecule has 2 nitrogen and oxygen atoms in total. The van der Waals surface area contributed by atoms with Gasteiger partial charge in [-0.1, -0.05) is 35.0 Å². The van der Waals surface area contributed by atoms with Crippen molar-refractivity contribution in [3.63, 3.8) is 0 Å². The summed E-state index contributed by atoms with van der Waals surface area (Å²) in [6, 6.07) is 7.53. The van der Waals surface area contributed by atoms with Gasteiger partial charge in [0.1, 0.15) is 0 Å². The zero-order chi connectivity index (χ0) is 13.3. The van der Waals surface area contributed by atoms with Gasteiger partial charge in [-0.3, -0.25) is 4.90 Å². The molecule has 18 heavy (non-hydrogen) atoms. The number of nitrogens with zero attached hydrogens (tertiary/aromatic N) is 1. The highest BCUT2D eigenvalue weighted by atomic mass is 79.9. The third-order valence-corrected chi connectivity index (χ3v) is 4.66. The Morgan fingerprint density at radius 3 is 2.67 bits per heavy atom. The van der Waals surface area contributed by atoms with Crippen LogP contribution in [0.2, 0.25) is 0 Å². The largest absolute Gasteiger partial charge is 0.329 e. The summed E-state index contributed by atoms with van der Waals surface area (Å²) >= 11 is 3.69. The first kappa shape index (κ1) is 14.0. The molecule has 0 radical (unpaired) electrons. The van der Waals surface area contributed by atoms with Crippen LogP contribution in [0, 0.1) is 12.8 Å². The summed E-state index contributed by atoms with van der Waals surface area (Å²) in [7, 11) is 0. The Hall–Kier alpha value is -0.380. The molecule has 3 atom stereocenters. The average Bonchev–Trinajstić information content (AvgIpc) is 2.62. The number of aryl methyl sites for hydroxylation is 1. The Balaban J connectivity index is 2.28. The van der Waals surface area contributed by atoms with Crippen LogP contribution in [0.3, 0.4) is 0 Å². The minimum atomic E-state index is 0.333. The van der Waals surface area contributed by atoms with Crippen LogP contribution in [0.25, 0.3) is 0 Å². The fourth-order valence-corrected chi connectivity index (χ4v) is 3.87. The van der Waals surface area contributed by atoms with Crippen molar-refractivity contribution in [3.05, 3.63) is 33.8 Å². The van der Waals surface area contributed by atoms with E-state index in [1.807, 2.05) is 0 Å². The molecule has 2 rings (SSSR count). The van der Waals surface area contributed by atoms with Gasteiger partial charge in [-0.2, -0.15) is 0 Å². The van der Waals surface area contributed by atoms with E-state index in [0.717, 1.165) is 12.5 Å². The average molecular weight is 311 g/mol. The molecular weight excluding hydrogens is 288 g/mol. The number of likely N-dealkylation sites (tertiary alicyclic amines) is 1. The van der Waals surface area contributed by atoms with E-state index < -0.39 is 0 Å². The van der Waals surface area contributed by atoms with E-state index in [2.05, 4.69) is 59.8 Å². The van der Waals surface area contributed by atoms with Crippen molar-refractivity contribution in [2.24, 2.45) is 11.7 Å². The van der Waals surface area contributed by atoms with Gasteiger partial charge in [0.2, 0.25) is 0 Å². The fourth-order valence-electron chi connectivity index (χ4n) is 3.11. The first-order chi connectivity index (χ1) is 8.52. The van der Waals surface area contributed by atoms with Crippen LogP contribution in [0.15, 0.2) is 22.7 Å². The van der Waals surface area contributed by atoms with Gasteiger partial charge in [0.25, 0.3) is 0 Å². The molecule has 1 fully saturated rings. The second-order valence-electron chi connectivity index (χ2n) is 5.66. The van der Waals surface area contributed by atoms with Crippen LogP contribution in [-0.2, 0) is 0 Å². The summed E-state index contributed by atoms with van der Waals surface area (Å²) in [4.78, 5) is 2.56. The molecule has 100 valence electrons. The molecule has 0 spiro atoms. The normalized spacial score (nSPS) is 26.5. The van der Waals surface area contributed by atoms with Crippen molar-refractivity contribution < 1.29 is 0 Å². The van der Waals surface area contributed by atoms with E-state index in [4.69, 9.17) is 5.73 Å². The Labute approximate surface area is 119 Å². The third-order valence-electron chi connectivity index (χ3n) is 3.97. The van der Waals surface area contributed by atoms with Crippen LogP contribution < -0.4 is 5.73 Å². The molecule has 0 saturated carbocycles. The standard InChI is InChI=1S/C15H23BrN2/c1-10-4-5-13(14(16)7-10)15(8-17)18-9-11(2)6-12(18)3/h4-5,7,11-12,15H,6,8-9,17H2,1-3H3. The predicted octanol–water partition coefficient (Wildman–Crippen LogP) is 3.49. The first-order valence-electron chi connectivity index (χ1n) is 6.74. The lowest BCUT2D eigenvalue weighted by Gasteiger charge is -2.31. The summed E-state index contributed by atoms with van der Waals surface area (Å²) in [6.45, 7) is 8.59. The highest BCUT2D eigenvalue weighted by Crippen LogP contribution is 2.34. The Kier molecular flexibility index (Phi) is 4.46. The number of hydrogen-bond acceptors (Lipinski definition) is 2. The predicted molar refractivity (Wildman–Crippen MR) is 80.6 cm³/mol. The van der Waals surface area contributed by atoms with Gasteiger partial charge >= 0.3 is 0 Å². The van der Waals surface area contributed by atoms with E-state index in [9.17, 15) is 0 Å². The highest BCUT2D eigenvalue weighted by molar-refractivity contribution is 9.10. The number of nitrogens with two attached hydrogens (primary N) is 1. The van der Waals surface area contributed by atoms with E-state index in [0.29, 0.717) is 18.6 Å². The topological polar surface area (TPSA) is 29.3 Å². The number of benzene rings is 1. The van der Waals surface area contributed by atoms with Gasteiger partial charge in [0, 0.05) is 29.6 Å². The van der Waals surface area contributed by atoms with E-state index in [1.54, 1.807) is 0 Å². The molecule has 0 amide bonds. The van der Waals surface area contributed by atoms with Crippen molar-refractivity contribution in [1.29, 1.82) is 0 Å². The van der Waals surface area contributed by atoms with Gasteiger partial charge in [0.05, 0.1) is 0 Å². The maximum Gasteiger partial charge on any atom is 0.0484 e. The maximum absolute atomic E-state index is 6.04. The molecule has 1 saturated heterocycles. The van der Waals surface area contributed by atoms with Crippen LogP contribution in [0.1, 0.15) is 37.4 Å². The van der Waals surface area contributed by atoms with Crippen LogP contribution in [-0.4, -0.2) is 24.0 Å². The quantitative estimate of drug-likeness (QED) is 0.926. The Morgan fingerprint density at radius 2 is 2.17 bits per heavy atom. The Bertz CT molecular complexity index is 419. The molecular formula is C15H23BrN2. The van der Waals surface area contributed by atoms with Crippen LogP contribution in [0.5, 0.6) is 0 Å². The fraction of sp³-hybridized carbons (Fsp3) is 0.600. The lowest BCUT2D eigenvalue weighted by molar-refractivity contribution is 0.191. The zero-order valence-corrected chi connectivity index (χ0v) is 13.1. The summed E-state index contributed by atoms with van der Waals surface area (Å²) in [6.07, 6.45) is 1.28. The number of halogens is 1. The molecule has 3 unspecified atom stereocenters.